The first-order valence-corrected chi connectivity index (χ1v) is 6.76. The maximum absolute atomic E-state index is 12.0. The SMILES string of the molecule is Cc1cc2c(c(N3CCN(C)CC3)n1)C(=O)OCC2. The maximum Gasteiger partial charge on any atom is 0.342 e. The maximum atomic E-state index is 12.0. The van der Waals surface area contributed by atoms with E-state index in [1.807, 2.05) is 13.0 Å². The normalized spacial score (nSPS) is 20.1. The minimum Gasteiger partial charge on any atom is -0.462 e. The summed E-state index contributed by atoms with van der Waals surface area (Å²) in [7, 11) is 2.12. The van der Waals surface area contributed by atoms with E-state index in [1.54, 1.807) is 0 Å². The Morgan fingerprint density at radius 2 is 2.00 bits per heavy atom. The molecule has 3 heterocycles. The number of ether oxygens (including phenoxy) is 1. The summed E-state index contributed by atoms with van der Waals surface area (Å²) in [6.07, 6.45) is 0.797. The fraction of sp³-hybridized carbons (Fsp3) is 0.571. The fourth-order valence-corrected chi connectivity index (χ4v) is 2.72. The minimum absolute atomic E-state index is 0.220. The monoisotopic (exact) mass is 261 g/mol. The van der Waals surface area contributed by atoms with Gasteiger partial charge in [-0.25, -0.2) is 9.78 Å². The van der Waals surface area contributed by atoms with E-state index in [2.05, 4.69) is 21.8 Å². The van der Waals surface area contributed by atoms with Crippen molar-refractivity contribution in [1.82, 2.24) is 9.88 Å². The average molecular weight is 261 g/mol. The van der Waals surface area contributed by atoms with Gasteiger partial charge in [0.2, 0.25) is 0 Å². The van der Waals surface area contributed by atoms with Crippen molar-refractivity contribution in [1.29, 1.82) is 0 Å². The highest BCUT2D eigenvalue weighted by atomic mass is 16.5. The van der Waals surface area contributed by atoms with Gasteiger partial charge in [-0.2, -0.15) is 0 Å². The number of cyclic esters (lactones) is 1. The highest BCUT2D eigenvalue weighted by Gasteiger charge is 2.28. The number of anilines is 1. The Hall–Kier alpha value is -1.62. The smallest absolute Gasteiger partial charge is 0.342 e. The lowest BCUT2D eigenvalue weighted by Crippen LogP contribution is -2.45. The number of aromatic nitrogens is 1. The zero-order valence-electron chi connectivity index (χ0n) is 11.5. The van der Waals surface area contributed by atoms with Gasteiger partial charge in [0.05, 0.1) is 6.61 Å². The molecule has 102 valence electrons. The zero-order valence-corrected chi connectivity index (χ0v) is 11.5. The van der Waals surface area contributed by atoms with E-state index >= 15 is 0 Å². The molecular weight excluding hydrogens is 242 g/mol. The van der Waals surface area contributed by atoms with E-state index in [4.69, 9.17) is 4.74 Å². The molecule has 0 amide bonds. The Morgan fingerprint density at radius 1 is 1.26 bits per heavy atom. The minimum atomic E-state index is -0.220. The predicted octanol–water partition coefficient (Wildman–Crippen LogP) is 0.855. The van der Waals surface area contributed by atoms with Gasteiger partial charge in [0.1, 0.15) is 11.4 Å². The highest BCUT2D eigenvalue weighted by Crippen LogP contribution is 2.27. The summed E-state index contributed by atoms with van der Waals surface area (Å²) in [6.45, 7) is 6.29. The molecule has 0 aromatic carbocycles. The van der Waals surface area contributed by atoms with Gasteiger partial charge in [-0.3, -0.25) is 0 Å². The molecule has 2 aliphatic heterocycles. The first-order valence-electron chi connectivity index (χ1n) is 6.76. The van der Waals surface area contributed by atoms with Crippen LogP contribution in [-0.2, 0) is 11.2 Å². The summed E-state index contributed by atoms with van der Waals surface area (Å²) in [5.41, 5.74) is 2.74. The van der Waals surface area contributed by atoms with Crippen LogP contribution < -0.4 is 4.90 Å². The number of likely N-dealkylation sites (N-methyl/N-ethyl adjacent to an activating group) is 1. The Balaban J connectivity index is 2.00. The second-order valence-electron chi connectivity index (χ2n) is 5.30. The molecule has 0 aliphatic carbocycles. The molecule has 1 fully saturated rings. The third-order valence-electron chi connectivity index (χ3n) is 3.82. The molecule has 0 atom stereocenters. The third-order valence-corrected chi connectivity index (χ3v) is 3.82. The van der Waals surface area contributed by atoms with Gasteiger partial charge in [0.15, 0.2) is 0 Å². The second kappa shape index (κ2) is 4.81. The molecule has 3 rings (SSSR count). The summed E-state index contributed by atoms with van der Waals surface area (Å²) in [4.78, 5) is 21.1. The second-order valence-corrected chi connectivity index (χ2v) is 5.30. The Labute approximate surface area is 113 Å². The number of piperazine rings is 1. The fourth-order valence-electron chi connectivity index (χ4n) is 2.72. The molecule has 0 N–H and O–H groups in total. The quantitative estimate of drug-likeness (QED) is 0.701. The number of aryl methyl sites for hydroxylation is 1. The number of nitrogens with zero attached hydrogens (tertiary/aromatic N) is 3. The molecule has 0 spiro atoms. The van der Waals surface area contributed by atoms with Crippen molar-refractivity contribution in [3.63, 3.8) is 0 Å². The third kappa shape index (κ3) is 2.30. The van der Waals surface area contributed by atoms with E-state index in [9.17, 15) is 4.79 Å². The van der Waals surface area contributed by atoms with E-state index in [-0.39, 0.29) is 5.97 Å². The molecular formula is C14H19N3O2. The molecule has 5 heteroatoms. The summed E-state index contributed by atoms with van der Waals surface area (Å²) in [5.74, 6) is 0.593. The van der Waals surface area contributed by atoms with Crippen molar-refractivity contribution in [2.75, 3.05) is 44.7 Å². The van der Waals surface area contributed by atoms with Gasteiger partial charge in [0, 0.05) is 38.3 Å². The van der Waals surface area contributed by atoms with Crippen LogP contribution in [0.2, 0.25) is 0 Å². The Morgan fingerprint density at radius 3 is 2.74 bits per heavy atom. The predicted molar refractivity (Wildman–Crippen MR) is 72.7 cm³/mol. The lowest BCUT2D eigenvalue weighted by atomic mass is 10.0. The highest BCUT2D eigenvalue weighted by molar-refractivity contribution is 5.97. The number of pyridine rings is 1. The summed E-state index contributed by atoms with van der Waals surface area (Å²) < 4.78 is 5.18. The van der Waals surface area contributed by atoms with Crippen molar-refractivity contribution in [3.05, 3.63) is 22.9 Å². The lowest BCUT2D eigenvalue weighted by molar-refractivity contribution is 0.0480. The van der Waals surface area contributed by atoms with Crippen LogP contribution in [0.1, 0.15) is 21.6 Å². The molecule has 1 aromatic heterocycles. The van der Waals surface area contributed by atoms with Crippen LogP contribution in [0.5, 0.6) is 0 Å². The van der Waals surface area contributed by atoms with Gasteiger partial charge < -0.3 is 14.5 Å². The standard InChI is InChI=1S/C14H19N3O2/c1-10-9-11-3-8-19-14(18)12(11)13(15-10)17-6-4-16(2)5-7-17/h9H,3-8H2,1-2H3. The van der Waals surface area contributed by atoms with Crippen molar-refractivity contribution in [2.45, 2.75) is 13.3 Å². The van der Waals surface area contributed by atoms with Crippen molar-refractivity contribution in [2.24, 2.45) is 0 Å². The average Bonchev–Trinajstić information content (AvgIpc) is 2.38. The van der Waals surface area contributed by atoms with Gasteiger partial charge in [-0.1, -0.05) is 0 Å². The number of carbonyl (C=O) groups is 1. The van der Waals surface area contributed by atoms with Crippen LogP contribution >= 0.6 is 0 Å². The number of hydrogen-bond donors (Lipinski definition) is 0. The van der Waals surface area contributed by atoms with E-state index in [1.165, 1.54) is 0 Å². The van der Waals surface area contributed by atoms with Crippen LogP contribution in [0.3, 0.4) is 0 Å². The van der Waals surface area contributed by atoms with E-state index < -0.39 is 0 Å². The molecule has 19 heavy (non-hydrogen) atoms. The molecule has 2 aliphatic rings. The zero-order chi connectivity index (χ0) is 13.4. The molecule has 5 nitrogen and oxygen atoms in total. The first kappa shape index (κ1) is 12.4. The van der Waals surface area contributed by atoms with Crippen molar-refractivity contribution >= 4 is 11.8 Å². The molecule has 0 bridgehead atoms. The van der Waals surface area contributed by atoms with Crippen molar-refractivity contribution < 1.29 is 9.53 Å². The summed E-state index contributed by atoms with van der Waals surface area (Å²) in [5, 5.41) is 0. The molecule has 0 saturated carbocycles. The first-order chi connectivity index (χ1) is 9.15. The van der Waals surface area contributed by atoms with Gasteiger partial charge in [-0.15, -0.1) is 0 Å². The lowest BCUT2D eigenvalue weighted by Gasteiger charge is -2.35. The largest absolute Gasteiger partial charge is 0.462 e. The van der Waals surface area contributed by atoms with Crippen LogP contribution in [0.15, 0.2) is 6.07 Å². The summed E-state index contributed by atoms with van der Waals surface area (Å²) in [6, 6.07) is 2.01. The van der Waals surface area contributed by atoms with Crippen LogP contribution in [0.4, 0.5) is 5.82 Å². The van der Waals surface area contributed by atoms with Crippen LogP contribution in [0.25, 0.3) is 0 Å². The number of rotatable bonds is 1. The van der Waals surface area contributed by atoms with E-state index in [0.717, 1.165) is 49.7 Å². The number of fused-ring (bicyclic) bond motifs is 1. The Bertz CT molecular complexity index is 508. The summed E-state index contributed by atoms with van der Waals surface area (Å²) >= 11 is 0. The van der Waals surface area contributed by atoms with Crippen LogP contribution in [0, 0.1) is 6.92 Å². The van der Waals surface area contributed by atoms with E-state index in [0.29, 0.717) is 12.2 Å². The van der Waals surface area contributed by atoms with Crippen LogP contribution in [-0.4, -0.2) is 55.7 Å². The topological polar surface area (TPSA) is 45.7 Å². The molecule has 1 saturated heterocycles. The number of carbonyl (C=O) groups excluding carboxylic acids is 1. The number of hydrogen-bond acceptors (Lipinski definition) is 5. The van der Waals surface area contributed by atoms with Crippen molar-refractivity contribution in [3.8, 4) is 0 Å². The van der Waals surface area contributed by atoms with Gasteiger partial charge >= 0.3 is 5.97 Å². The Kier molecular flexibility index (Phi) is 3.14. The van der Waals surface area contributed by atoms with Gasteiger partial charge in [-0.05, 0) is 25.6 Å². The molecule has 0 radical (unpaired) electrons. The molecule has 1 aromatic rings. The molecule has 0 unspecified atom stereocenters. The van der Waals surface area contributed by atoms with Gasteiger partial charge in [0.25, 0.3) is 0 Å². The number of esters is 1.